The Morgan fingerprint density at radius 1 is 1.14 bits per heavy atom. The fraction of sp³-hybridized carbons (Fsp3) is 0.263. The van der Waals surface area contributed by atoms with E-state index >= 15 is 0 Å². The molecule has 2 aromatic carbocycles. The van der Waals surface area contributed by atoms with E-state index in [1.165, 1.54) is 25.4 Å². The van der Waals surface area contributed by atoms with Crippen molar-refractivity contribution in [1.29, 1.82) is 0 Å². The number of halogens is 3. The second-order valence-corrected chi connectivity index (χ2v) is 8.38. The first kappa shape index (κ1) is 20.4. The van der Waals surface area contributed by atoms with Crippen LogP contribution in [0.2, 0.25) is 0 Å². The van der Waals surface area contributed by atoms with Gasteiger partial charge in [0.2, 0.25) is 14.8 Å². The summed E-state index contributed by atoms with van der Waals surface area (Å²) >= 11 is 0. The van der Waals surface area contributed by atoms with Gasteiger partial charge in [0.1, 0.15) is 23.5 Å². The second kappa shape index (κ2) is 7.57. The first-order valence-electron chi connectivity index (χ1n) is 8.38. The summed E-state index contributed by atoms with van der Waals surface area (Å²) < 4.78 is 74.3. The molecule has 1 aliphatic heterocycles. The van der Waals surface area contributed by atoms with Crippen LogP contribution in [-0.4, -0.2) is 34.1 Å². The average molecular weight is 412 g/mol. The van der Waals surface area contributed by atoms with Crippen LogP contribution in [0.4, 0.5) is 13.2 Å². The maximum Gasteiger partial charge on any atom is 0.222 e. The Kier molecular flexibility index (Phi) is 5.51. The van der Waals surface area contributed by atoms with E-state index in [4.69, 9.17) is 4.74 Å². The van der Waals surface area contributed by atoms with Gasteiger partial charge >= 0.3 is 0 Å². The third-order valence-electron chi connectivity index (χ3n) is 4.70. The number of rotatable bonds is 6. The number of likely N-dealkylation sites (N-methyl/N-ethyl adjacent to an activating group) is 1. The Balaban J connectivity index is 2.25. The van der Waals surface area contributed by atoms with Crippen LogP contribution in [-0.2, 0) is 14.6 Å². The molecule has 2 unspecified atom stereocenters. The van der Waals surface area contributed by atoms with Crippen LogP contribution >= 0.6 is 0 Å². The van der Waals surface area contributed by atoms with E-state index in [9.17, 15) is 21.6 Å². The van der Waals surface area contributed by atoms with Crippen LogP contribution in [0.25, 0.3) is 0 Å². The fourth-order valence-corrected chi connectivity index (χ4v) is 5.55. The minimum absolute atomic E-state index is 0.0921. The largest absolute Gasteiger partial charge is 0.380 e. The Hall–Kier alpha value is -2.36. The fourth-order valence-electron chi connectivity index (χ4n) is 3.47. The molecule has 9 heteroatoms. The Bertz CT molecular complexity index is 1030. The minimum Gasteiger partial charge on any atom is -0.380 e. The molecule has 1 heterocycles. The standard InChI is InChI=1S/C19H19F3N2O3S/c1-23-10-12-11-24-18(16-7-6-14(21)9-17(16)22)19(12,27-2)28(25,26)15-5-3-4-13(20)8-15/h3-9,11,18,23-24H,10H2,1-2H3. The number of ether oxygens (including phenoxy) is 1. The number of hydrogen-bond acceptors (Lipinski definition) is 5. The van der Waals surface area contributed by atoms with Gasteiger partial charge in [-0.3, -0.25) is 0 Å². The molecule has 28 heavy (non-hydrogen) atoms. The number of methoxy groups -OCH3 is 1. The van der Waals surface area contributed by atoms with E-state index < -0.39 is 38.3 Å². The van der Waals surface area contributed by atoms with Crippen molar-refractivity contribution >= 4 is 9.84 Å². The lowest BCUT2D eigenvalue weighted by Gasteiger charge is -2.36. The lowest BCUT2D eigenvalue weighted by Crippen LogP contribution is -2.49. The van der Waals surface area contributed by atoms with Crippen molar-refractivity contribution in [1.82, 2.24) is 10.6 Å². The van der Waals surface area contributed by atoms with Gasteiger partial charge in [-0.15, -0.1) is 0 Å². The Morgan fingerprint density at radius 2 is 1.86 bits per heavy atom. The summed E-state index contributed by atoms with van der Waals surface area (Å²) in [6.07, 6.45) is 1.42. The molecule has 0 fully saturated rings. The van der Waals surface area contributed by atoms with Crippen LogP contribution in [0.15, 0.2) is 59.1 Å². The number of nitrogens with one attached hydrogen (secondary N) is 2. The smallest absolute Gasteiger partial charge is 0.222 e. The van der Waals surface area contributed by atoms with Gasteiger partial charge in [0.25, 0.3) is 0 Å². The topological polar surface area (TPSA) is 67.4 Å². The van der Waals surface area contributed by atoms with Gasteiger partial charge in [-0.2, -0.15) is 0 Å². The molecule has 0 radical (unpaired) electrons. The second-order valence-electron chi connectivity index (χ2n) is 6.30. The van der Waals surface area contributed by atoms with Gasteiger partial charge < -0.3 is 15.4 Å². The van der Waals surface area contributed by atoms with Crippen molar-refractivity contribution in [2.45, 2.75) is 15.9 Å². The molecule has 0 bridgehead atoms. The average Bonchev–Trinajstić information content (AvgIpc) is 3.01. The Labute approximate surface area is 161 Å². The molecule has 3 rings (SSSR count). The quantitative estimate of drug-likeness (QED) is 0.764. The zero-order valence-corrected chi connectivity index (χ0v) is 16.0. The third-order valence-corrected chi connectivity index (χ3v) is 7.04. The zero-order chi connectivity index (χ0) is 20.5. The van der Waals surface area contributed by atoms with Crippen molar-refractivity contribution in [2.75, 3.05) is 20.7 Å². The molecule has 0 aliphatic carbocycles. The molecule has 1 aliphatic rings. The summed E-state index contributed by atoms with van der Waals surface area (Å²) in [6.45, 7) is 0.106. The molecule has 5 nitrogen and oxygen atoms in total. The molecule has 2 aromatic rings. The summed E-state index contributed by atoms with van der Waals surface area (Å²) in [6, 6.07) is 6.15. The van der Waals surface area contributed by atoms with Crippen LogP contribution in [0.1, 0.15) is 11.6 Å². The summed E-state index contributed by atoms with van der Waals surface area (Å²) in [5.41, 5.74) is 0.182. The van der Waals surface area contributed by atoms with Gasteiger partial charge in [-0.05, 0) is 31.3 Å². The van der Waals surface area contributed by atoms with Crippen molar-refractivity contribution in [2.24, 2.45) is 0 Å². The van der Waals surface area contributed by atoms with Gasteiger partial charge in [0.15, 0.2) is 0 Å². The van der Waals surface area contributed by atoms with Crippen LogP contribution in [0.3, 0.4) is 0 Å². The number of sulfone groups is 1. The number of hydrogen-bond donors (Lipinski definition) is 2. The number of benzene rings is 2. The van der Waals surface area contributed by atoms with Crippen LogP contribution < -0.4 is 10.6 Å². The molecule has 0 saturated heterocycles. The Morgan fingerprint density at radius 3 is 2.46 bits per heavy atom. The predicted octanol–water partition coefficient (Wildman–Crippen LogP) is 2.67. The molecule has 2 N–H and O–H groups in total. The normalized spacial score (nSPS) is 22.0. The zero-order valence-electron chi connectivity index (χ0n) is 15.2. The molecule has 0 amide bonds. The lowest BCUT2D eigenvalue weighted by molar-refractivity contribution is 0.0686. The highest BCUT2D eigenvalue weighted by atomic mass is 32.2. The minimum atomic E-state index is -4.36. The first-order chi connectivity index (χ1) is 13.3. The van der Waals surface area contributed by atoms with E-state index in [-0.39, 0.29) is 22.6 Å². The van der Waals surface area contributed by atoms with Crippen molar-refractivity contribution in [3.05, 3.63) is 77.3 Å². The van der Waals surface area contributed by atoms with Gasteiger partial charge in [-0.25, -0.2) is 21.6 Å². The summed E-state index contributed by atoms with van der Waals surface area (Å²) in [4.78, 5) is -2.38. The van der Waals surface area contributed by atoms with Gasteiger partial charge in [0, 0.05) is 37.1 Å². The summed E-state index contributed by atoms with van der Waals surface area (Å²) in [7, 11) is -1.57. The van der Waals surface area contributed by atoms with E-state index in [0.29, 0.717) is 6.07 Å². The first-order valence-corrected chi connectivity index (χ1v) is 9.86. The van der Waals surface area contributed by atoms with E-state index in [2.05, 4.69) is 10.6 Å². The van der Waals surface area contributed by atoms with E-state index in [1.807, 2.05) is 0 Å². The molecule has 0 saturated carbocycles. The molecule has 150 valence electrons. The molecular weight excluding hydrogens is 393 g/mol. The summed E-state index contributed by atoms with van der Waals surface area (Å²) in [5.74, 6) is -2.45. The monoisotopic (exact) mass is 412 g/mol. The van der Waals surface area contributed by atoms with Crippen molar-refractivity contribution in [3.63, 3.8) is 0 Å². The third kappa shape index (κ3) is 3.09. The van der Waals surface area contributed by atoms with E-state index in [0.717, 1.165) is 24.3 Å². The summed E-state index contributed by atoms with van der Waals surface area (Å²) in [5, 5.41) is 5.69. The lowest BCUT2D eigenvalue weighted by atomic mass is 9.97. The highest BCUT2D eigenvalue weighted by Crippen LogP contribution is 2.46. The van der Waals surface area contributed by atoms with Gasteiger partial charge in [-0.1, -0.05) is 12.1 Å². The molecule has 2 atom stereocenters. The maximum atomic E-state index is 14.5. The van der Waals surface area contributed by atoms with E-state index in [1.54, 1.807) is 7.05 Å². The molecule has 0 aromatic heterocycles. The maximum absolute atomic E-state index is 14.5. The van der Waals surface area contributed by atoms with Gasteiger partial charge in [0.05, 0.1) is 4.90 Å². The van der Waals surface area contributed by atoms with Crippen LogP contribution in [0, 0.1) is 17.5 Å². The highest BCUT2D eigenvalue weighted by Gasteiger charge is 2.58. The van der Waals surface area contributed by atoms with Crippen LogP contribution in [0.5, 0.6) is 0 Å². The SMILES string of the molecule is CNCC1=CNC(c2ccc(F)cc2F)C1(OC)S(=O)(=O)c1cccc(F)c1. The van der Waals surface area contributed by atoms with Crippen molar-refractivity contribution < 1.29 is 26.3 Å². The predicted molar refractivity (Wildman–Crippen MR) is 97.6 cm³/mol. The highest BCUT2D eigenvalue weighted by molar-refractivity contribution is 7.93. The molecular formula is C19H19F3N2O3S. The van der Waals surface area contributed by atoms with Crippen molar-refractivity contribution in [3.8, 4) is 0 Å². The molecule has 0 spiro atoms.